The fourth-order valence-electron chi connectivity index (χ4n) is 2.36. The van der Waals surface area contributed by atoms with Gasteiger partial charge in [-0.05, 0) is 40.3 Å². The lowest BCUT2D eigenvalue weighted by Gasteiger charge is -2.32. The molecule has 0 radical (unpaired) electrons. The number of unbranched alkanes of at least 4 members (excludes halogenated alkanes) is 1. The number of nitrogens with two attached hydrogens (primary N) is 1. The van der Waals surface area contributed by atoms with Crippen LogP contribution in [-0.2, 0) is 0 Å². The van der Waals surface area contributed by atoms with E-state index in [1.807, 2.05) is 0 Å². The van der Waals surface area contributed by atoms with Crippen LogP contribution in [0.2, 0.25) is 0 Å². The summed E-state index contributed by atoms with van der Waals surface area (Å²) >= 11 is 0. The Morgan fingerprint density at radius 2 is 1.70 bits per heavy atom. The summed E-state index contributed by atoms with van der Waals surface area (Å²) in [5.41, 5.74) is 5.94. The van der Waals surface area contributed by atoms with Crippen LogP contribution in [0.25, 0.3) is 0 Å². The minimum absolute atomic E-state index is 0. The minimum Gasteiger partial charge on any atom is -0.370 e. The van der Waals surface area contributed by atoms with E-state index in [1.165, 1.54) is 39.1 Å². The van der Waals surface area contributed by atoms with E-state index in [0.29, 0.717) is 5.96 Å². The van der Waals surface area contributed by atoms with E-state index in [0.717, 1.165) is 26.1 Å². The second kappa shape index (κ2) is 11.6. The highest BCUT2D eigenvalue weighted by Crippen LogP contribution is 2.02. The van der Waals surface area contributed by atoms with Crippen LogP contribution in [0.1, 0.15) is 26.7 Å². The Kier molecular flexibility index (Phi) is 11.5. The average Bonchev–Trinajstić information content (AvgIpc) is 2.42. The molecule has 1 fully saturated rings. The number of guanidine groups is 1. The van der Waals surface area contributed by atoms with Crippen molar-refractivity contribution in [3.8, 4) is 0 Å². The van der Waals surface area contributed by atoms with Crippen LogP contribution in [0.15, 0.2) is 4.99 Å². The topological polar surface area (TPSA) is 48.1 Å². The normalized spacial score (nSPS) is 17.9. The number of rotatable bonds is 7. The van der Waals surface area contributed by atoms with Crippen molar-refractivity contribution in [2.24, 2.45) is 10.7 Å². The fourth-order valence-corrected chi connectivity index (χ4v) is 2.36. The smallest absolute Gasteiger partial charge is 0.191 e. The highest BCUT2D eigenvalue weighted by atomic mass is 127. The summed E-state index contributed by atoms with van der Waals surface area (Å²) in [5, 5.41) is 0. The SMILES string of the molecule is CCN(CC)C(N)=NCCCCN1CCN(C)CC1.I. The molecule has 1 aliphatic rings. The van der Waals surface area contributed by atoms with Gasteiger partial charge in [0.25, 0.3) is 0 Å². The first kappa shape index (κ1) is 19.9. The zero-order valence-corrected chi connectivity index (χ0v) is 15.7. The van der Waals surface area contributed by atoms with Crippen molar-refractivity contribution in [1.82, 2.24) is 14.7 Å². The van der Waals surface area contributed by atoms with Gasteiger partial charge in [0.05, 0.1) is 0 Å². The monoisotopic (exact) mass is 397 g/mol. The molecule has 0 spiro atoms. The third-order valence-electron chi connectivity index (χ3n) is 3.84. The molecule has 5 nitrogen and oxygen atoms in total. The molecule has 0 unspecified atom stereocenters. The highest BCUT2D eigenvalue weighted by Gasteiger charge is 2.12. The van der Waals surface area contributed by atoms with Gasteiger partial charge in [0, 0.05) is 45.8 Å². The molecule has 6 heteroatoms. The third kappa shape index (κ3) is 7.64. The van der Waals surface area contributed by atoms with Crippen molar-refractivity contribution in [2.45, 2.75) is 26.7 Å². The van der Waals surface area contributed by atoms with E-state index in [1.54, 1.807) is 0 Å². The van der Waals surface area contributed by atoms with Crippen LogP contribution in [-0.4, -0.2) is 80.1 Å². The van der Waals surface area contributed by atoms with Gasteiger partial charge >= 0.3 is 0 Å². The maximum absolute atomic E-state index is 5.94. The van der Waals surface area contributed by atoms with Gasteiger partial charge in [0.2, 0.25) is 0 Å². The Bertz CT molecular complexity index is 260. The maximum atomic E-state index is 5.94. The van der Waals surface area contributed by atoms with Gasteiger partial charge in [0.1, 0.15) is 0 Å². The maximum Gasteiger partial charge on any atom is 0.191 e. The minimum atomic E-state index is 0. The first-order chi connectivity index (χ1) is 9.17. The molecule has 0 aromatic carbocycles. The standard InChI is InChI=1S/C14H31N5.HI/c1-4-19(5-2)14(15)16-8-6-7-9-18-12-10-17(3)11-13-18;/h4-13H2,1-3H3,(H2,15,16);1H. The fraction of sp³-hybridized carbons (Fsp3) is 0.929. The molecule has 120 valence electrons. The first-order valence-electron chi connectivity index (χ1n) is 7.63. The van der Waals surface area contributed by atoms with Gasteiger partial charge in [-0.2, -0.15) is 0 Å². The van der Waals surface area contributed by atoms with E-state index in [4.69, 9.17) is 5.73 Å². The largest absolute Gasteiger partial charge is 0.370 e. The quantitative estimate of drug-likeness (QED) is 0.305. The predicted molar refractivity (Wildman–Crippen MR) is 98.0 cm³/mol. The Morgan fingerprint density at radius 3 is 2.25 bits per heavy atom. The molecular weight excluding hydrogens is 365 g/mol. The summed E-state index contributed by atoms with van der Waals surface area (Å²) in [6.45, 7) is 13.0. The van der Waals surface area contributed by atoms with Crippen LogP contribution in [0.4, 0.5) is 0 Å². The number of hydrogen-bond acceptors (Lipinski definition) is 3. The van der Waals surface area contributed by atoms with Gasteiger partial charge in [-0.3, -0.25) is 4.99 Å². The van der Waals surface area contributed by atoms with Gasteiger partial charge < -0.3 is 20.4 Å². The van der Waals surface area contributed by atoms with Gasteiger partial charge in [-0.15, -0.1) is 24.0 Å². The summed E-state index contributed by atoms with van der Waals surface area (Å²) in [7, 11) is 2.20. The van der Waals surface area contributed by atoms with E-state index < -0.39 is 0 Å². The van der Waals surface area contributed by atoms with Crippen LogP contribution >= 0.6 is 24.0 Å². The molecule has 0 aromatic heterocycles. The van der Waals surface area contributed by atoms with Gasteiger partial charge in [-0.1, -0.05) is 0 Å². The van der Waals surface area contributed by atoms with E-state index in [9.17, 15) is 0 Å². The molecule has 1 aliphatic heterocycles. The summed E-state index contributed by atoms with van der Waals surface area (Å²) in [6.07, 6.45) is 2.35. The predicted octanol–water partition coefficient (Wildman–Crippen LogP) is 1.29. The van der Waals surface area contributed by atoms with Crippen molar-refractivity contribution in [2.75, 3.05) is 59.4 Å². The molecule has 0 saturated carbocycles. The zero-order valence-electron chi connectivity index (χ0n) is 13.3. The van der Waals surface area contributed by atoms with Crippen LogP contribution in [0, 0.1) is 0 Å². The van der Waals surface area contributed by atoms with Crippen molar-refractivity contribution in [1.29, 1.82) is 0 Å². The number of aliphatic imine (C=N–C) groups is 1. The molecule has 1 saturated heterocycles. The Labute approximate surface area is 141 Å². The summed E-state index contributed by atoms with van der Waals surface area (Å²) < 4.78 is 0. The van der Waals surface area contributed by atoms with E-state index in [2.05, 4.69) is 40.6 Å². The molecule has 0 aromatic rings. The highest BCUT2D eigenvalue weighted by molar-refractivity contribution is 14.0. The second-order valence-electron chi connectivity index (χ2n) is 5.26. The summed E-state index contributed by atoms with van der Waals surface area (Å²) in [5.74, 6) is 0.699. The number of nitrogens with zero attached hydrogens (tertiary/aromatic N) is 4. The number of piperazine rings is 1. The van der Waals surface area contributed by atoms with Crippen molar-refractivity contribution < 1.29 is 0 Å². The molecule has 2 N–H and O–H groups in total. The zero-order chi connectivity index (χ0) is 14.1. The lowest BCUT2D eigenvalue weighted by atomic mass is 10.2. The molecule has 1 heterocycles. The molecule has 0 atom stereocenters. The van der Waals surface area contributed by atoms with Crippen molar-refractivity contribution in [3.63, 3.8) is 0 Å². The van der Waals surface area contributed by atoms with Crippen LogP contribution < -0.4 is 5.73 Å². The molecular formula is C14H32IN5. The molecule has 1 rings (SSSR count). The first-order valence-corrected chi connectivity index (χ1v) is 7.63. The Morgan fingerprint density at radius 1 is 1.10 bits per heavy atom. The van der Waals surface area contributed by atoms with Crippen LogP contribution in [0.3, 0.4) is 0 Å². The number of halogens is 1. The van der Waals surface area contributed by atoms with Gasteiger partial charge in [0.15, 0.2) is 5.96 Å². The van der Waals surface area contributed by atoms with Crippen molar-refractivity contribution >= 4 is 29.9 Å². The van der Waals surface area contributed by atoms with Crippen molar-refractivity contribution in [3.05, 3.63) is 0 Å². The van der Waals surface area contributed by atoms with E-state index >= 15 is 0 Å². The average molecular weight is 397 g/mol. The summed E-state index contributed by atoms with van der Waals surface area (Å²) in [4.78, 5) is 11.5. The van der Waals surface area contributed by atoms with Crippen LogP contribution in [0.5, 0.6) is 0 Å². The second-order valence-corrected chi connectivity index (χ2v) is 5.26. The number of likely N-dealkylation sites (N-methyl/N-ethyl adjacent to an activating group) is 1. The lowest BCUT2D eigenvalue weighted by molar-refractivity contribution is 0.152. The third-order valence-corrected chi connectivity index (χ3v) is 3.84. The molecule has 0 amide bonds. The van der Waals surface area contributed by atoms with Gasteiger partial charge in [-0.25, -0.2) is 0 Å². The Hall–Kier alpha value is -0.0800. The number of hydrogen-bond donors (Lipinski definition) is 1. The Balaban J connectivity index is 0.00000361. The lowest BCUT2D eigenvalue weighted by Crippen LogP contribution is -2.44. The summed E-state index contributed by atoms with van der Waals surface area (Å²) in [6, 6.07) is 0. The molecule has 0 bridgehead atoms. The molecule has 0 aliphatic carbocycles. The van der Waals surface area contributed by atoms with E-state index in [-0.39, 0.29) is 24.0 Å². The molecule has 20 heavy (non-hydrogen) atoms.